The second kappa shape index (κ2) is 3.85. The molecule has 4 rings (SSSR count). The van der Waals surface area contributed by atoms with Gasteiger partial charge in [0.05, 0.1) is 5.69 Å². The van der Waals surface area contributed by atoms with Crippen LogP contribution < -0.4 is 0 Å². The van der Waals surface area contributed by atoms with Crippen LogP contribution in [0.1, 0.15) is 30.5 Å². The minimum atomic E-state index is -0.134. The monoisotopic (exact) mass is 275 g/mol. The largest absolute Gasteiger partial charge is 0.507 e. The summed E-state index contributed by atoms with van der Waals surface area (Å²) >= 11 is 0. The lowest BCUT2D eigenvalue weighted by Gasteiger charge is -2.21. The summed E-state index contributed by atoms with van der Waals surface area (Å²) in [5, 5.41) is 12.7. The number of aromatic hydroxyl groups is 1. The van der Waals surface area contributed by atoms with Gasteiger partial charge in [0.1, 0.15) is 5.75 Å². The fourth-order valence-corrected chi connectivity index (χ4v) is 3.45. The predicted octanol–water partition coefficient (Wildman–Crippen LogP) is 4.56. The van der Waals surface area contributed by atoms with E-state index in [2.05, 4.69) is 37.9 Å². The third-order valence-electron chi connectivity index (χ3n) is 4.63. The summed E-state index contributed by atoms with van der Waals surface area (Å²) in [5.74, 6) is 0.353. The number of fused-ring (bicyclic) bond motifs is 4. The Labute approximate surface area is 124 Å². The van der Waals surface area contributed by atoms with E-state index < -0.39 is 0 Å². The quantitative estimate of drug-likeness (QED) is 0.652. The van der Waals surface area contributed by atoms with Gasteiger partial charge in [0.2, 0.25) is 0 Å². The van der Waals surface area contributed by atoms with E-state index in [0.717, 1.165) is 33.2 Å². The maximum Gasteiger partial charge on any atom is 0.133 e. The van der Waals surface area contributed by atoms with Gasteiger partial charge in [0, 0.05) is 22.6 Å². The summed E-state index contributed by atoms with van der Waals surface area (Å²) in [4.78, 5) is 4.60. The van der Waals surface area contributed by atoms with Crippen LogP contribution in [0.5, 0.6) is 5.75 Å². The van der Waals surface area contributed by atoms with Crippen molar-refractivity contribution in [2.75, 3.05) is 0 Å². The van der Waals surface area contributed by atoms with E-state index in [-0.39, 0.29) is 5.41 Å². The number of phenols is 1. The summed E-state index contributed by atoms with van der Waals surface area (Å²) < 4.78 is 0. The average molecular weight is 275 g/mol. The Morgan fingerprint density at radius 1 is 1.05 bits per heavy atom. The minimum Gasteiger partial charge on any atom is -0.507 e. The van der Waals surface area contributed by atoms with Gasteiger partial charge in [0.25, 0.3) is 0 Å². The molecule has 0 fully saturated rings. The van der Waals surface area contributed by atoms with Crippen molar-refractivity contribution < 1.29 is 5.11 Å². The van der Waals surface area contributed by atoms with Crippen LogP contribution in [-0.2, 0) is 5.41 Å². The van der Waals surface area contributed by atoms with Gasteiger partial charge in [-0.05, 0) is 35.1 Å². The van der Waals surface area contributed by atoms with Crippen LogP contribution in [-0.4, -0.2) is 10.1 Å². The van der Waals surface area contributed by atoms with Gasteiger partial charge in [-0.3, -0.25) is 4.98 Å². The molecule has 0 saturated heterocycles. The molecule has 0 amide bonds. The molecule has 0 spiro atoms. The molecular weight excluding hydrogens is 258 g/mol. The topological polar surface area (TPSA) is 33.1 Å². The second-order valence-electron chi connectivity index (χ2n) is 6.40. The lowest BCUT2D eigenvalue weighted by Crippen LogP contribution is -2.15. The number of aryl methyl sites for hydroxylation is 1. The van der Waals surface area contributed by atoms with E-state index in [4.69, 9.17) is 0 Å². The number of rotatable bonds is 0. The molecule has 0 atom stereocenters. The Balaban J connectivity index is 2.18. The molecule has 1 aliphatic rings. The molecule has 0 unspecified atom stereocenters. The maximum absolute atomic E-state index is 10.8. The van der Waals surface area contributed by atoms with Crippen LogP contribution in [0.4, 0.5) is 0 Å². The maximum atomic E-state index is 10.8. The number of hydrogen-bond donors (Lipinski definition) is 1. The van der Waals surface area contributed by atoms with Gasteiger partial charge in [-0.2, -0.15) is 0 Å². The van der Waals surface area contributed by atoms with E-state index in [0.29, 0.717) is 5.75 Å². The van der Waals surface area contributed by atoms with Crippen molar-refractivity contribution in [1.29, 1.82) is 0 Å². The highest BCUT2D eigenvalue weighted by Crippen LogP contribution is 2.53. The van der Waals surface area contributed by atoms with Crippen molar-refractivity contribution in [1.82, 2.24) is 4.98 Å². The van der Waals surface area contributed by atoms with Crippen LogP contribution in [0.25, 0.3) is 22.0 Å². The first kappa shape index (κ1) is 12.4. The zero-order valence-corrected chi connectivity index (χ0v) is 12.4. The van der Waals surface area contributed by atoms with Crippen molar-refractivity contribution in [3.63, 3.8) is 0 Å². The average Bonchev–Trinajstić information content (AvgIpc) is 2.68. The molecule has 2 aromatic carbocycles. The highest BCUT2D eigenvalue weighted by Gasteiger charge is 2.38. The zero-order chi connectivity index (χ0) is 14.8. The van der Waals surface area contributed by atoms with E-state index in [9.17, 15) is 5.11 Å². The molecule has 2 nitrogen and oxygen atoms in total. The number of nitrogens with zero attached hydrogens (tertiary/aromatic N) is 1. The van der Waals surface area contributed by atoms with Crippen molar-refractivity contribution in [3.8, 4) is 17.0 Å². The summed E-state index contributed by atoms with van der Waals surface area (Å²) in [7, 11) is 0. The van der Waals surface area contributed by atoms with E-state index >= 15 is 0 Å². The Morgan fingerprint density at radius 2 is 1.81 bits per heavy atom. The number of pyridine rings is 1. The first-order valence-electron chi connectivity index (χ1n) is 7.23. The van der Waals surface area contributed by atoms with Gasteiger partial charge in [-0.15, -0.1) is 0 Å². The highest BCUT2D eigenvalue weighted by atomic mass is 16.3. The molecule has 1 heterocycles. The lowest BCUT2D eigenvalue weighted by molar-refractivity contribution is 0.482. The third kappa shape index (κ3) is 1.50. The zero-order valence-electron chi connectivity index (χ0n) is 12.4. The molecule has 0 bridgehead atoms. The van der Waals surface area contributed by atoms with Gasteiger partial charge in [-0.25, -0.2) is 0 Å². The molecule has 1 aromatic heterocycles. The van der Waals surface area contributed by atoms with Crippen LogP contribution in [0.2, 0.25) is 0 Å². The molecule has 104 valence electrons. The lowest BCUT2D eigenvalue weighted by atomic mass is 9.81. The Kier molecular flexibility index (Phi) is 2.27. The molecular formula is C19H17NO. The van der Waals surface area contributed by atoms with Crippen LogP contribution in [0.3, 0.4) is 0 Å². The fourth-order valence-electron chi connectivity index (χ4n) is 3.45. The SMILES string of the molecule is Cc1cnc2c(c1)C(C)(C)c1cc3ccccc3c(O)c1-2. The molecule has 3 aromatic rings. The first-order valence-corrected chi connectivity index (χ1v) is 7.23. The second-order valence-corrected chi connectivity index (χ2v) is 6.40. The molecule has 2 heteroatoms. The van der Waals surface area contributed by atoms with Gasteiger partial charge in [-0.1, -0.05) is 44.2 Å². The van der Waals surface area contributed by atoms with Gasteiger partial charge in [0.15, 0.2) is 0 Å². The van der Waals surface area contributed by atoms with Crippen LogP contribution >= 0.6 is 0 Å². The minimum absolute atomic E-state index is 0.134. The summed E-state index contributed by atoms with van der Waals surface area (Å²) in [6.45, 7) is 6.46. The van der Waals surface area contributed by atoms with Gasteiger partial charge >= 0.3 is 0 Å². The normalized spacial score (nSPS) is 15.0. The molecule has 1 N–H and O–H groups in total. The third-order valence-corrected chi connectivity index (χ3v) is 4.63. The van der Waals surface area contributed by atoms with E-state index in [1.807, 2.05) is 30.5 Å². The first-order chi connectivity index (χ1) is 10.00. The molecule has 0 aliphatic heterocycles. The van der Waals surface area contributed by atoms with E-state index in [1.165, 1.54) is 5.56 Å². The Hall–Kier alpha value is -2.35. The molecule has 0 saturated carbocycles. The van der Waals surface area contributed by atoms with Crippen molar-refractivity contribution in [3.05, 3.63) is 59.3 Å². The molecule has 21 heavy (non-hydrogen) atoms. The Morgan fingerprint density at radius 3 is 2.62 bits per heavy atom. The number of phenolic OH excluding ortho intramolecular Hbond substituents is 1. The Bertz CT molecular complexity index is 893. The standard InChI is InChI=1S/C19H17NO/c1-11-8-15-17(20-10-11)16-14(19(15,2)3)9-12-6-4-5-7-13(12)18(16)21/h4-10,21H,1-3H3. The number of aromatic nitrogens is 1. The molecule has 1 aliphatic carbocycles. The van der Waals surface area contributed by atoms with Crippen molar-refractivity contribution >= 4 is 10.8 Å². The smallest absolute Gasteiger partial charge is 0.133 e. The summed E-state index contributed by atoms with van der Waals surface area (Å²) in [6.07, 6.45) is 1.87. The predicted molar refractivity (Wildman–Crippen MR) is 85.7 cm³/mol. The van der Waals surface area contributed by atoms with Crippen molar-refractivity contribution in [2.24, 2.45) is 0 Å². The summed E-state index contributed by atoms with van der Waals surface area (Å²) in [5.41, 5.74) is 5.19. The van der Waals surface area contributed by atoms with Gasteiger partial charge < -0.3 is 5.11 Å². The molecule has 0 radical (unpaired) electrons. The number of benzene rings is 2. The highest BCUT2D eigenvalue weighted by molar-refractivity contribution is 5.99. The van der Waals surface area contributed by atoms with Crippen LogP contribution in [0.15, 0.2) is 42.6 Å². The van der Waals surface area contributed by atoms with Crippen molar-refractivity contribution in [2.45, 2.75) is 26.2 Å². The van der Waals surface area contributed by atoms with E-state index in [1.54, 1.807) is 0 Å². The van der Waals surface area contributed by atoms with Crippen LogP contribution in [0, 0.1) is 6.92 Å². The number of hydrogen-bond acceptors (Lipinski definition) is 2. The summed E-state index contributed by atoms with van der Waals surface area (Å²) in [6, 6.07) is 12.4. The fraction of sp³-hybridized carbons (Fsp3) is 0.211.